The Labute approximate surface area is 196 Å². The van der Waals surface area contributed by atoms with Crippen molar-refractivity contribution >= 4 is 39.0 Å². The molecule has 0 atom stereocenters. The Bertz CT molecular complexity index is 1280. The van der Waals surface area contributed by atoms with Gasteiger partial charge in [0.05, 0.1) is 33.1 Å². The zero-order chi connectivity index (χ0) is 24.0. The molecule has 0 aliphatic heterocycles. The molecule has 0 amide bonds. The van der Waals surface area contributed by atoms with Crippen molar-refractivity contribution in [3.8, 4) is 17.6 Å². The molecule has 0 bridgehead atoms. The molecule has 3 rings (SSSR count). The molecule has 0 unspecified atom stereocenters. The Morgan fingerprint density at radius 2 is 1.76 bits per heavy atom. The van der Waals surface area contributed by atoms with Gasteiger partial charge in [0, 0.05) is 24.3 Å². The topological polar surface area (TPSA) is 129 Å². The maximum Gasteiger partial charge on any atom is 0.269 e. The molecule has 0 aromatic heterocycles. The summed E-state index contributed by atoms with van der Waals surface area (Å²) in [6, 6.07) is 17.3. The molecular weight excluding hydrogens is 494 g/mol. The summed E-state index contributed by atoms with van der Waals surface area (Å²) in [6.07, 6.45) is 1.62. The zero-order valence-electron chi connectivity index (χ0n) is 17.2. The number of nitro benzene ring substituents is 2. The first-order chi connectivity index (χ1) is 15.8. The largest absolute Gasteiger partial charge is 0.493 e. The minimum atomic E-state index is -0.506. The molecule has 10 heteroatoms. The molecule has 0 radical (unpaired) electrons. The fraction of sp³-hybridized carbons (Fsp3) is 0.0870. The predicted octanol–water partition coefficient (Wildman–Crippen LogP) is 5.92. The second-order valence-corrected chi connectivity index (χ2v) is 7.58. The normalized spacial score (nSPS) is 10.9. The summed E-state index contributed by atoms with van der Waals surface area (Å²) in [4.78, 5) is 20.8. The SMILES string of the molecule is COc1cc(/C=C(/C#N)c2ccc([N+](=O)[O-])cc2)cc(Br)c1OCc1cccc([N+](=O)[O-])c1. The fourth-order valence-electron chi connectivity index (χ4n) is 2.99. The van der Waals surface area contributed by atoms with Crippen LogP contribution >= 0.6 is 15.9 Å². The number of non-ortho nitro benzene ring substituents is 2. The van der Waals surface area contributed by atoms with Crippen molar-refractivity contribution in [2.45, 2.75) is 6.61 Å². The van der Waals surface area contributed by atoms with Crippen molar-refractivity contribution in [1.29, 1.82) is 5.26 Å². The average Bonchev–Trinajstić information content (AvgIpc) is 2.81. The number of hydrogen-bond acceptors (Lipinski definition) is 7. The van der Waals surface area contributed by atoms with E-state index < -0.39 is 9.85 Å². The van der Waals surface area contributed by atoms with E-state index in [0.717, 1.165) is 0 Å². The number of ether oxygens (including phenoxy) is 2. The van der Waals surface area contributed by atoms with Crippen LogP contribution < -0.4 is 9.47 Å². The number of allylic oxidation sites excluding steroid dienone is 1. The Morgan fingerprint density at radius 3 is 2.36 bits per heavy atom. The van der Waals surface area contributed by atoms with E-state index in [1.807, 2.05) is 0 Å². The summed E-state index contributed by atoms with van der Waals surface area (Å²) in [6.45, 7) is 0.0814. The van der Waals surface area contributed by atoms with Gasteiger partial charge in [-0.3, -0.25) is 20.2 Å². The molecule has 0 saturated heterocycles. The second-order valence-electron chi connectivity index (χ2n) is 6.72. The monoisotopic (exact) mass is 509 g/mol. The van der Waals surface area contributed by atoms with Crippen LogP contribution in [0.25, 0.3) is 11.6 Å². The van der Waals surface area contributed by atoms with Gasteiger partial charge in [-0.25, -0.2) is 0 Å². The second kappa shape index (κ2) is 10.4. The van der Waals surface area contributed by atoms with E-state index in [2.05, 4.69) is 22.0 Å². The third-order valence-corrected chi connectivity index (χ3v) is 5.17. The lowest BCUT2D eigenvalue weighted by Gasteiger charge is -2.14. The number of rotatable bonds is 8. The van der Waals surface area contributed by atoms with E-state index in [1.165, 1.54) is 43.5 Å². The van der Waals surface area contributed by atoms with Crippen LogP contribution in [0.2, 0.25) is 0 Å². The smallest absolute Gasteiger partial charge is 0.269 e. The molecule has 0 N–H and O–H groups in total. The molecule has 3 aromatic rings. The van der Waals surface area contributed by atoms with E-state index in [4.69, 9.17) is 9.47 Å². The van der Waals surface area contributed by atoms with Gasteiger partial charge >= 0.3 is 0 Å². The van der Waals surface area contributed by atoms with Crippen LogP contribution in [0.3, 0.4) is 0 Å². The molecule has 0 fully saturated rings. The lowest BCUT2D eigenvalue weighted by molar-refractivity contribution is -0.385. The number of methoxy groups -OCH3 is 1. The van der Waals surface area contributed by atoms with Gasteiger partial charge in [-0.2, -0.15) is 5.26 Å². The number of hydrogen-bond donors (Lipinski definition) is 0. The van der Waals surface area contributed by atoms with Crippen LogP contribution in [0, 0.1) is 31.6 Å². The quantitative estimate of drug-likeness (QED) is 0.159. The number of nitrogens with zero attached hydrogens (tertiary/aromatic N) is 3. The predicted molar refractivity (Wildman–Crippen MR) is 125 cm³/mol. The Balaban J connectivity index is 1.87. The van der Waals surface area contributed by atoms with E-state index in [-0.39, 0.29) is 18.0 Å². The summed E-state index contributed by atoms with van der Waals surface area (Å²) < 4.78 is 11.8. The molecule has 0 aliphatic carbocycles. The first kappa shape index (κ1) is 23.4. The molecule has 33 heavy (non-hydrogen) atoms. The van der Waals surface area contributed by atoms with Crippen molar-refractivity contribution in [3.05, 3.63) is 102 Å². The van der Waals surface area contributed by atoms with Gasteiger partial charge in [0.15, 0.2) is 11.5 Å². The molecule has 166 valence electrons. The van der Waals surface area contributed by atoms with Crippen LogP contribution in [0.1, 0.15) is 16.7 Å². The first-order valence-corrected chi connectivity index (χ1v) is 10.2. The highest BCUT2D eigenvalue weighted by atomic mass is 79.9. The van der Waals surface area contributed by atoms with Crippen LogP contribution in [0.5, 0.6) is 11.5 Å². The Morgan fingerprint density at radius 1 is 1.06 bits per heavy atom. The summed E-state index contributed by atoms with van der Waals surface area (Å²) in [5.41, 5.74) is 2.00. The molecule has 9 nitrogen and oxygen atoms in total. The lowest BCUT2D eigenvalue weighted by atomic mass is 10.0. The minimum Gasteiger partial charge on any atom is -0.493 e. The zero-order valence-corrected chi connectivity index (χ0v) is 18.8. The molecule has 0 heterocycles. The van der Waals surface area contributed by atoms with Gasteiger partial charge in [-0.05, 0) is 63.0 Å². The third kappa shape index (κ3) is 5.72. The summed E-state index contributed by atoms with van der Waals surface area (Å²) in [5, 5.41) is 31.4. The van der Waals surface area contributed by atoms with Crippen LogP contribution in [0.15, 0.2) is 65.1 Å². The van der Waals surface area contributed by atoms with Crippen LogP contribution in [0.4, 0.5) is 11.4 Å². The first-order valence-electron chi connectivity index (χ1n) is 9.42. The number of nitriles is 1. The van der Waals surface area contributed by atoms with Crippen LogP contribution in [-0.4, -0.2) is 17.0 Å². The van der Waals surface area contributed by atoms with Crippen molar-refractivity contribution in [2.24, 2.45) is 0 Å². The third-order valence-electron chi connectivity index (χ3n) is 4.58. The highest BCUT2D eigenvalue weighted by Crippen LogP contribution is 2.38. The maximum absolute atomic E-state index is 11.0. The molecule has 0 spiro atoms. The number of nitro groups is 2. The fourth-order valence-corrected chi connectivity index (χ4v) is 3.56. The Hall–Kier alpha value is -4.23. The van der Waals surface area contributed by atoms with Gasteiger partial charge < -0.3 is 9.47 Å². The van der Waals surface area contributed by atoms with E-state index in [0.29, 0.717) is 38.2 Å². The molecular formula is C23H16BrN3O6. The van der Waals surface area contributed by atoms with E-state index >= 15 is 0 Å². The Kier molecular flexibility index (Phi) is 7.38. The summed E-state index contributed by atoms with van der Waals surface area (Å²) in [5.74, 6) is 0.789. The number of benzene rings is 3. The van der Waals surface area contributed by atoms with Crippen LogP contribution in [-0.2, 0) is 6.61 Å². The van der Waals surface area contributed by atoms with Crippen molar-refractivity contribution in [3.63, 3.8) is 0 Å². The summed E-state index contributed by atoms with van der Waals surface area (Å²) in [7, 11) is 1.47. The van der Waals surface area contributed by atoms with Gasteiger partial charge in [0.2, 0.25) is 0 Å². The van der Waals surface area contributed by atoms with Crippen molar-refractivity contribution in [1.82, 2.24) is 0 Å². The van der Waals surface area contributed by atoms with Gasteiger partial charge in [0.1, 0.15) is 6.61 Å². The van der Waals surface area contributed by atoms with Crippen molar-refractivity contribution in [2.75, 3.05) is 7.11 Å². The highest BCUT2D eigenvalue weighted by Gasteiger charge is 2.14. The molecule has 0 aliphatic rings. The maximum atomic E-state index is 11.0. The number of halogens is 1. The highest BCUT2D eigenvalue weighted by molar-refractivity contribution is 9.10. The summed E-state index contributed by atoms with van der Waals surface area (Å²) >= 11 is 3.44. The molecule has 3 aromatic carbocycles. The lowest BCUT2D eigenvalue weighted by Crippen LogP contribution is -2.00. The molecule has 0 saturated carbocycles. The van der Waals surface area contributed by atoms with Gasteiger partial charge in [-0.15, -0.1) is 0 Å². The standard InChI is InChI=1S/C23H16BrN3O6/c1-32-22-12-16(9-18(13-25)17-5-7-19(8-6-17)26(28)29)11-21(24)23(22)33-14-15-3-2-4-20(10-15)27(30)31/h2-12H,14H2,1H3/b18-9-. The van der Waals surface area contributed by atoms with E-state index in [1.54, 1.807) is 30.3 Å². The van der Waals surface area contributed by atoms with Gasteiger partial charge in [-0.1, -0.05) is 12.1 Å². The van der Waals surface area contributed by atoms with Crippen molar-refractivity contribution < 1.29 is 19.3 Å². The van der Waals surface area contributed by atoms with E-state index in [9.17, 15) is 25.5 Å². The average molecular weight is 510 g/mol. The van der Waals surface area contributed by atoms with Gasteiger partial charge in [0.25, 0.3) is 11.4 Å². The minimum absolute atomic E-state index is 0.0297.